The van der Waals surface area contributed by atoms with E-state index in [9.17, 15) is 4.39 Å². The van der Waals surface area contributed by atoms with Crippen molar-refractivity contribution in [2.75, 3.05) is 5.73 Å². The maximum atomic E-state index is 13.7. The van der Waals surface area contributed by atoms with Crippen molar-refractivity contribution < 1.29 is 4.39 Å². The molecule has 23 heavy (non-hydrogen) atoms. The van der Waals surface area contributed by atoms with E-state index in [1.54, 1.807) is 19.2 Å². The summed E-state index contributed by atoms with van der Waals surface area (Å²) >= 11 is 0. The number of fused-ring (bicyclic) bond motifs is 2. The zero-order valence-corrected chi connectivity index (χ0v) is 12.9. The van der Waals surface area contributed by atoms with Gasteiger partial charge in [-0.05, 0) is 48.7 Å². The lowest BCUT2D eigenvalue weighted by Crippen LogP contribution is -2.04. The first-order valence-electron chi connectivity index (χ1n) is 7.39. The van der Waals surface area contributed by atoms with Crippen LogP contribution in [0.3, 0.4) is 0 Å². The van der Waals surface area contributed by atoms with Crippen LogP contribution in [0, 0.1) is 19.7 Å². The van der Waals surface area contributed by atoms with Crippen molar-refractivity contribution in [2.45, 2.75) is 20.4 Å². The van der Waals surface area contributed by atoms with Crippen LogP contribution in [-0.2, 0) is 6.54 Å². The molecule has 6 heteroatoms. The van der Waals surface area contributed by atoms with Crippen LogP contribution in [-0.4, -0.2) is 20.0 Å². The van der Waals surface area contributed by atoms with Crippen molar-refractivity contribution in [3.05, 3.63) is 53.0 Å². The van der Waals surface area contributed by atoms with Gasteiger partial charge >= 0.3 is 0 Å². The normalized spacial score (nSPS) is 11.6. The number of nitrogen functional groups attached to an aromatic ring is 1. The van der Waals surface area contributed by atoms with Crippen molar-refractivity contribution in [1.29, 1.82) is 0 Å². The van der Waals surface area contributed by atoms with E-state index in [2.05, 4.69) is 15.3 Å². The largest absolute Gasteiger partial charge is 0.382 e. The molecule has 0 fully saturated rings. The molecule has 0 unspecified atom stereocenters. The molecule has 0 bridgehead atoms. The average Bonchev–Trinajstić information content (AvgIpc) is 3.11. The van der Waals surface area contributed by atoms with Crippen molar-refractivity contribution in [3.63, 3.8) is 0 Å². The molecule has 0 saturated carbocycles. The van der Waals surface area contributed by atoms with Crippen LogP contribution in [0.2, 0.25) is 0 Å². The van der Waals surface area contributed by atoms with E-state index < -0.39 is 0 Å². The van der Waals surface area contributed by atoms with E-state index in [1.807, 2.05) is 23.7 Å². The summed E-state index contributed by atoms with van der Waals surface area (Å²) in [5.41, 5.74) is 10.6. The van der Waals surface area contributed by atoms with Crippen molar-refractivity contribution in [2.24, 2.45) is 0 Å². The molecule has 5 nitrogen and oxygen atoms in total. The Labute approximate surface area is 131 Å². The Hall–Kier alpha value is -2.89. The Morgan fingerprint density at radius 1 is 1.22 bits per heavy atom. The number of halogens is 1. The van der Waals surface area contributed by atoms with E-state index in [4.69, 9.17) is 5.73 Å². The average molecular weight is 309 g/mol. The molecule has 0 aliphatic carbocycles. The van der Waals surface area contributed by atoms with E-state index in [1.165, 1.54) is 6.07 Å². The lowest BCUT2D eigenvalue weighted by atomic mass is 10.0. The van der Waals surface area contributed by atoms with Crippen LogP contribution in [0.5, 0.6) is 0 Å². The Bertz CT molecular complexity index is 1040. The van der Waals surface area contributed by atoms with Crippen LogP contribution < -0.4 is 5.73 Å². The molecule has 0 saturated heterocycles. The fraction of sp³-hybridized carbons (Fsp3) is 0.176. The Balaban J connectivity index is 1.90. The van der Waals surface area contributed by atoms with Crippen LogP contribution in [0.25, 0.3) is 21.8 Å². The molecule has 4 aromatic rings. The monoisotopic (exact) mass is 309 g/mol. The lowest BCUT2D eigenvalue weighted by molar-refractivity contribution is 0.620. The van der Waals surface area contributed by atoms with Crippen LogP contribution >= 0.6 is 0 Å². The minimum atomic E-state index is -0.214. The summed E-state index contributed by atoms with van der Waals surface area (Å²) in [5.74, 6) is 0.270. The first-order valence-corrected chi connectivity index (χ1v) is 7.39. The van der Waals surface area contributed by atoms with Gasteiger partial charge in [0.2, 0.25) is 0 Å². The Morgan fingerprint density at radius 2 is 2.04 bits per heavy atom. The molecular weight excluding hydrogens is 293 g/mol. The number of rotatable bonds is 2. The number of aromatic amines is 1. The summed E-state index contributed by atoms with van der Waals surface area (Å²) in [4.78, 5) is 0. The first kappa shape index (κ1) is 13.8. The highest BCUT2D eigenvalue weighted by atomic mass is 19.1. The quantitative estimate of drug-likeness (QED) is 0.597. The second kappa shape index (κ2) is 4.81. The van der Waals surface area contributed by atoms with Gasteiger partial charge in [0.1, 0.15) is 5.82 Å². The van der Waals surface area contributed by atoms with Gasteiger partial charge in [0.05, 0.1) is 23.8 Å². The summed E-state index contributed by atoms with van der Waals surface area (Å²) in [5, 5.41) is 13.2. The molecule has 0 aliphatic rings. The first-order chi connectivity index (χ1) is 11.1. The number of hydrogen-bond acceptors (Lipinski definition) is 3. The predicted molar refractivity (Wildman–Crippen MR) is 88.8 cm³/mol. The molecule has 0 aliphatic heterocycles. The van der Waals surface area contributed by atoms with Gasteiger partial charge in [-0.3, -0.25) is 9.78 Å². The summed E-state index contributed by atoms with van der Waals surface area (Å²) < 4.78 is 15.6. The highest BCUT2D eigenvalue weighted by molar-refractivity contribution is 5.92. The zero-order chi connectivity index (χ0) is 16.1. The SMILES string of the molecule is Cc1ccc2[nH]nc(N)c2c1Cn1ncc2c(C)c(F)ccc21. The number of nitrogens with one attached hydrogen (secondary N) is 1. The van der Waals surface area contributed by atoms with Gasteiger partial charge in [-0.15, -0.1) is 0 Å². The number of aromatic nitrogens is 4. The molecule has 4 rings (SSSR count). The van der Waals surface area contributed by atoms with Gasteiger partial charge in [0.25, 0.3) is 0 Å². The number of hydrogen-bond donors (Lipinski definition) is 2. The third-order valence-corrected chi connectivity index (χ3v) is 4.44. The molecule has 0 atom stereocenters. The number of aryl methyl sites for hydroxylation is 2. The van der Waals surface area contributed by atoms with E-state index in [0.717, 1.165) is 32.9 Å². The molecule has 2 aromatic heterocycles. The minimum absolute atomic E-state index is 0.214. The van der Waals surface area contributed by atoms with Gasteiger partial charge in [-0.2, -0.15) is 10.2 Å². The van der Waals surface area contributed by atoms with Gasteiger partial charge in [0.15, 0.2) is 5.82 Å². The fourth-order valence-corrected chi connectivity index (χ4v) is 3.06. The topological polar surface area (TPSA) is 72.5 Å². The highest BCUT2D eigenvalue weighted by Crippen LogP contribution is 2.28. The minimum Gasteiger partial charge on any atom is -0.382 e. The van der Waals surface area contributed by atoms with Crippen LogP contribution in [0.15, 0.2) is 30.5 Å². The van der Waals surface area contributed by atoms with Gasteiger partial charge < -0.3 is 5.73 Å². The second-order valence-electron chi connectivity index (χ2n) is 5.80. The summed E-state index contributed by atoms with van der Waals surface area (Å²) in [6.07, 6.45) is 1.71. The number of benzene rings is 2. The van der Waals surface area contributed by atoms with E-state index >= 15 is 0 Å². The summed E-state index contributed by atoms with van der Waals surface area (Å²) in [6, 6.07) is 7.25. The molecule has 0 spiro atoms. The number of anilines is 1. The zero-order valence-electron chi connectivity index (χ0n) is 12.9. The molecule has 2 heterocycles. The van der Waals surface area contributed by atoms with Crippen LogP contribution in [0.4, 0.5) is 10.2 Å². The summed E-state index contributed by atoms with van der Waals surface area (Å²) in [6.45, 7) is 4.36. The fourth-order valence-electron chi connectivity index (χ4n) is 3.06. The van der Waals surface area contributed by atoms with Gasteiger partial charge in [-0.1, -0.05) is 6.07 Å². The van der Waals surface area contributed by atoms with Gasteiger partial charge in [-0.25, -0.2) is 4.39 Å². The van der Waals surface area contributed by atoms with Crippen molar-refractivity contribution >= 4 is 27.6 Å². The molecular formula is C17H16FN5. The maximum Gasteiger partial charge on any atom is 0.153 e. The van der Waals surface area contributed by atoms with Crippen molar-refractivity contribution in [1.82, 2.24) is 20.0 Å². The number of nitrogens with two attached hydrogens (primary N) is 1. The molecule has 0 radical (unpaired) electrons. The predicted octanol–water partition coefficient (Wildman–Crippen LogP) is 3.30. The second-order valence-corrected chi connectivity index (χ2v) is 5.80. The van der Waals surface area contributed by atoms with Crippen molar-refractivity contribution in [3.8, 4) is 0 Å². The Kier molecular flexibility index (Phi) is 2.87. The molecule has 2 aromatic carbocycles. The molecule has 116 valence electrons. The standard InChI is InChI=1S/C17H16FN5/c1-9-3-5-14-16(17(19)22-21-14)12(9)8-23-15-6-4-13(18)10(2)11(15)7-20-23/h3-7H,8H2,1-2H3,(H3,19,21,22). The van der Waals surface area contributed by atoms with E-state index in [-0.39, 0.29) is 5.82 Å². The number of nitrogens with zero attached hydrogens (tertiary/aromatic N) is 3. The van der Waals surface area contributed by atoms with E-state index in [0.29, 0.717) is 17.9 Å². The summed E-state index contributed by atoms with van der Waals surface area (Å²) in [7, 11) is 0. The highest BCUT2D eigenvalue weighted by Gasteiger charge is 2.14. The van der Waals surface area contributed by atoms with Gasteiger partial charge in [0, 0.05) is 10.8 Å². The third-order valence-electron chi connectivity index (χ3n) is 4.44. The van der Waals surface area contributed by atoms with Crippen LogP contribution in [0.1, 0.15) is 16.7 Å². The molecule has 0 amide bonds. The Morgan fingerprint density at radius 3 is 2.87 bits per heavy atom. The number of H-pyrrole nitrogens is 1. The lowest BCUT2D eigenvalue weighted by Gasteiger charge is -2.10. The third kappa shape index (κ3) is 1.98. The molecule has 3 N–H and O–H groups in total. The smallest absolute Gasteiger partial charge is 0.153 e. The maximum absolute atomic E-state index is 13.7.